The number of imidazole rings is 1. The average Bonchev–Trinajstić information content (AvgIpc) is 3.67. The summed E-state index contributed by atoms with van der Waals surface area (Å²) < 4.78 is 0. The smallest absolute Gasteiger partial charge is 0.261 e. The maximum Gasteiger partial charge on any atom is 0.261 e. The number of carbonyl (C=O) groups is 1. The van der Waals surface area contributed by atoms with Gasteiger partial charge in [0.05, 0.1) is 16.7 Å². The third-order valence-corrected chi connectivity index (χ3v) is 8.27. The van der Waals surface area contributed by atoms with Crippen molar-refractivity contribution in [3.05, 3.63) is 68.3 Å². The number of H-pyrrole nitrogens is 2. The van der Waals surface area contributed by atoms with Gasteiger partial charge in [-0.15, -0.1) is 11.3 Å². The fraction of sp³-hybridized carbons (Fsp3) is 0.393. The molecule has 37 heavy (non-hydrogen) atoms. The Kier molecular flexibility index (Phi) is 6.56. The molecule has 3 N–H and O–H groups in total. The zero-order valence-corrected chi connectivity index (χ0v) is 21.9. The van der Waals surface area contributed by atoms with E-state index in [9.17, 15) is 9.59 Å². The van der Waals surface area contributed by atoms with E-state index in [1.165, 1.54) is 30.8 Å². The normalized spacial score (nSPS) is 16.6. The monoisotopic (exact) mass is 516 g/mol. The Morgan fingerprint density at radius 3 is 2.84 bits per heavy atom. The molecule has 1 aromatic carbocycles. The number of pyridine rings is 1. The van der Waals surface area contributed by atoms with E-state index in [4.69, 9.17) is 4.98 Å². The molecule has 192 valence electrons. The first-order valence-electron chi connectivity index (χ1n) is 13.1. The van der Waals surface area contributed by atoms with Crippen LogP contribution in [0.25, 0.3) is 22.4 Å². The number of nitrogens with zero attached hydrogens (tertiary/aromatic N) is 3. The van der Waals surface area contributed by atoms with Gasteiger partial charge in [-0.1, -0.05) is 6.07 Å². The quantitative estimate of drug-likeness (QED) is 0.305. The Balaban J connectivity index is 1.21. The summed E-state index contributed by atoms with van der Waals surface area (Å²) in [6.07, 6.45) is 6.09. The molecular formula is C28H32N6O2S. The molecule has 3 aromatic heterocycles. The van der Waals surface area contributed by atoms with Gasteiger partial charge in [0.2, 0.25) is 0 Å². The molecule has 8 nitrogen and oxygen atoms in total. The summed E-state index contributed by atoms with van der Waals surface area (Å²) >= 11 is 1.73. The number of hydrogen-bond donors (Lipinski definition) is 3. The van der Waals surface area contributed by atoms with Crippen LogP contribution in [0.5, 0.6) is 0 Å². The number of aromatic nitrogens is 3. The molecule has 0 aliphatic carbocycles. The lowest BCUT2D eigenvalue weighted by Gasteiger charge is -2.19. The Labute approximate surface area is 219 Å². The van der Waals surface area contributed by atoms with E-state index in [0.717, 1.165) is 48.3 Å². The second kappa shape index (κ2) is 10.1. The van der Waals surface area contributed by atoms with Crippen LogP contribution < -0.4 is 10.9 Å². The van der Waals surface area contributed by atoms with Crippen molar-refractivity contribution in [1.82, 2.24) is 24.8 Å². The van der Waals surface area contributed by atoms with Gasteiger partial charge >= 0.3 is 0 Å². The van der Waals surface area contributed by atoms with E-state index >= 15 is 0 Å². The molecule has 0 saturated carbocycles. The number of nitrogens with one attached hydrogen (secondary N) is 3. The number of fused-ring (bicyclic) bond motifs is 2. The Hall–Kier alpha value is -3.43. The van der Waals surface area contributed by atoms with Crippen LogP contribution in [0.3, 0.4) is 0 Å². The van der Waals surface area contributed by atoms with E-state index in [-0.39, 0.29) is 17.5 Å². The second-order valence-electron chi connectivity index (χ2n) is 10.2. The molecule has 5 heterocycles. The largest absolute Gasteiger partial charge is 0.381 e. The summed E-state index contributed by atoms with van der Waals surface area (Å²) in [5.41, 5.74) is 4.27. The van der Waals surface area contributed by atoms with E-state index in [2.05, 4.69) is 44.6 Å². The lowest BCUT2D eigenvalue weighted by atomic mass is 10.1. The van der Waals surface area contributed by atoms with Crippen molar-refractivity contribution in [2.45, 2.75) is 45.2 Å². The summed E-state index contributed by atoms with van der Waals surface area (Å²) in [6, 6.07) is 10.1. The summed E-state index contributed by atoms with van der Waals surface area (Å²) in [7, 11) is 0. The molecule has 1 amide bonds. The molecule has 1 saturated heterocycles. The van der Waals surface area contributed by atoms with Crippen molar-refractivity contribution < 1.29 is 4.79 Å². The van der Waals surface area contributed by atoms with Crippen molar-refractivity contribution in [2.75, 3.05) is 31.5 Å². The predicted octanol–water partition coefficient (Wildman–Crippen LogP) is 4.46. The Morgan fingerprint density at radius 1 is 1.16 bits per heavy atom. The highest BCUT2D eigenvalue weighted by Gasteiger charge is 2.28. The summed E-state index contributed by atoms with van der Waals surface area (Å²) in [5.74, 6) is 0.575. The van der Waals surface area contributed by atoms with E-state index in [1.807, 2.05) is 23.1 Å². The minimum atomic E-state index is -0.208. The van der Waals surface area contributed by atoms with Crippen molar-refractivity contribution in [2.24, 2.45) is 0 Å². The fourth-order valence-electron chi connectivity index (χ4n) is 5.55. The minimum Gasteiger partial charge on any atom is -0.381 e. The predicted molar refractivity (Wildman–Crippen MR) is 148 cm³/mol. The first kappa shape index (κ1) is 23.9. The number of likely N-dealkylation sites (tertiary alicyclic amines) is 1. The average molecular weight is 517 g/mol. The molecule has 2 aliphatic heterocycles. The van der Waals surface area contributed by atoms with Gasteiger partial charge in [0.15, 0.2) is 0 Å². The molecule has 6 rings (SSSR count). The SMILES string of the molecule is C[C@@H](Cc1cccs1)Nc1cc[nH]c(=O)c1-c1nc2cc3c(cc2[nH]1)CN(CCCN1CCCC1)C3=O. The summed E-state index contributed by atoms with van der Waals surface area (Å²) in [5, 5.41) is 5.57. The minimum absolute atomic E-state index is 0.0742. The number of anilines is 1. The van der Waals surface area contributed by atoms with Gasteiger partial charge in [-0.2, -0.15) is 0 Å². The maximum absolute atomic E-state index is 13.1. The lowest BCUT2D eigenvalue weighted by Crippen LogP contribution is -2.29. The van der Waals surface area contributed by atoms with Crippen molar-refractivity contribution >= 4 is 34.0 Å². The summed E-state index contributed by atoms with van der Waals surface area (Å²) in [6.45, 7) is 6.92. The van der Waals surface area contributed by atoms with Crippen molar-refractivity contribution in [3.8, 4) is 11.4 Å². The van der Waals surface area contributed by atoms with Crippen LogP contribution in [0.2, 0.25) is 0 Å². The van der Waals surface area contributed by atoms with E-state index < -0.39 is 0 Å². The van der Waals surface area contributed by atoms with Gasteiger partial charge in [0.25, 0.3) is 11.5 Å². The molecule has 0 bridgehead atoms. The molecule has 9 heteroatoms. The zero-order chi connectivity index (χ0) is 25.4. The molecule has 0 unspecified atom stereocenters. The fourth-order valence-corrected chi connectivity index (χ4v) is 6.39. The highest BCUT2D eigenvalue weighted by molar-refractivity contribution is 7.09. The molecule has 1 atom stereocenters. The Morgan fingerprint density at radius 2 is 2.03 bits per heavy atom. The highest BCUT2D eigenvalue weighted by atomic mass is 32.1. The molecule has 1 fully saturated rings. The number of rotatable bonds is 9. The zero-order valence-electron chi connectivity index (χ0n) is 21.0. The van der Waals surface area contributed by atoms with Gasteiger partial charge in [0.1, 0.15) is 11.4 Å². The number of hydrogen-bond acceptors (Lipinski definition) is 6. The van der Waals surface area contributed by atoms with Crippen LogP contribution in [-0.2, 0) is 13.0 Å². The van der Waals surface area contributed by atoms with E-state index in [1.54, 1.807) is 17.5 Å². The molecule has 2 aliphatic rings. The third kappa shape index (κ3) is 4.93. The number of carbonyl (C=O) groups excluding carboxylic acids is 1. The number of aromatic amines is 2. The molecule has 0 spiro atoms. The first-order chi connectivity index (χ1) is 18.0. The van der Waals surface area contributed by atoms with Crippen molar-refractivity contribution in [3.63, 3.8) is 0 Å². The van der Waals surface area contributed by atoms with Crippen LogP contribution >= 0.6 is 11.3 Å². The van der Waals surface area contributed by atoms with Gasteiger partial charge in [-0.3, -0.25) is 9.59 Å². The highest BCUT2D eigenvalue weighted by Crippen LogP contribution is 2.30. The molecular weight excluding hydrogens is 484 g/mol. The maximum atomic E-state index is 13.1. The van der Waals surface area contributed by atoms with Crippen LogP contribution in [-0.4, -0.2) is 62.9 Å². The van der Waals surface area contributed by atoms with Crippen molar-refractivity contribution in [1.29, 1.82) is 0 Å². The number of benzene rings is 1. The molecule has 4 aromatic rings. The van der Waals surface area contributed by atoms with E-state index in [0.29, 0.717) is 23.4 Å². The Bertz CT molecular complexity index is 1470. The van der Waals surface area contributed by atoms with Gasteiger partial charge in [0, 0.05) is 42.2 Å². The third-order valence-electron chi connectivity index (χ3n) is 7.37. The van der Waals surface area contributed by atoms with Crippen LogP contribution in [0, 0.1) is 0 Å². The number of amides is 1. The van der Waals surface area contributed by atoms with Gasteiger partial charge < -0.3 is 25.1 Å². The second-order valence-corrected chi connectivity index (χ2v) is 11.2. The van der Waals surface area contributed by atoms with Crippen LogP contribution in [0.1, 0.15) is 47.0 Å². The first-order valence-corrected chi connectivity index (χ1v) is 14.0. The lowest BCUT2D eigenvalue weighted by molar-refractivity contribution is 0.0772. The van der Waals surface area contributed by atoms with Crippen LogP contribution in [0.15, 0.2) is 46.7 Å². The topological polar surface area (TPSA) is 97.1 Å². The standard InChI is InChI=1S/C28H32N6O2S/c1-18(14-20-6-4-13-37-20)30-22-7-8-29-27(35)25(22)26-31-23-15-19-17-34(12-5-11-33-9-2-3-10-33)28(36)21(19)16-24(23)32-26/h4,6-8,13,15-16,18H,2-3,5,9-12,14,17H2,1H3,(H,31,32)(H2,29,30,35)/t18-/m0/s1. The van der Waals surface area contributed by atoms with Gasteiger partial charge in [-0.25, -0.2) is 4.98 Å². The van der Waals surface area contributed by atoms with Gasteiger partial charge in [-0.05, 0) is 81.0 Å². The summed E-state index contributed by atoms with van der Waals surface area (Å²) in [4.78, 5) is 42.6. The number of thiophene rings is 1. The molecule has 0 radical (unpaired) electrons. The van der Waals surface area contributed by atoms with Crippen LogP contribution in [0.4, 0.5) is 5.69 Å².